The van der Waals surface area contributed by atoms with Crippen LogP contribution in [-0.2, 0) is 6.54 Å². The maximum absolute atomic E-state index is 13.0. The summed E-state index contributed by atoms with van der Waals surface area (Å²) in [6.45, 7) is 6.32. The SMILES string of the molecule is C[C@@H]1CN(C(=O)c2oc3ccccc3c2CN(C)C)C[C@@H](C)N1. The van der Waals surface area contributed by atoms with Crippen molar-refractivity contribution in [2.45, 2.75) is 32.5 Å². The Bertz CT molecular complexity index is 697. The fraction of sp³-hybridized carbons (Fsp3) is 0.500. The van der Waals surface area contributed by atoms with Crippen LogP contribution in [0.1, 0.15) is 30.0 Å². The first-order valence-corrected chi connectivity index (χ1v) is 8.16. The van der Waals surface area contributed by atoms with Gasteiger partial charge in [0.2, 0.25) is 0 Å². The molecule has 124 valence electrons. The molecule has 1 N–H and O–H groups in total. The third kappa shape index (κ3) is 3.26. The van der Waals surface area contributed by atoms with E-state index in [4.69, 9.17) is 4.42 Å². The van der Waals surface area contributed by atoms with Crippen LogP contribution in [0.5, 0.6) is 0 Å². The van der Waals surface area contributed by atoms with Crippen molar-refractivity contribution in [2.24, 2.45) is 0 Å². The Balaban J connectivity index is 1.99. The summed E-state index contributed by atoms with van der Waals surface area (Å²) in [5.41, 5.74) is 1.76. The van der Waals surface area contributed by atoms with Crippen LogP contribution in [-0.4, -0.2) is 55.0 Å². The third-order valence-corrected chi connectivity index (χ3v) is 4.21. The van der Waals surface area contributed by atoms with Crippen molar-refractivity contribution in [1.82, 2.24) is 15.1 Å². The van der Waals surface area contributed by atoms with Crippen LogP contribution >= 0.6 is 0 Å². The second-order valence-electron chi connectivity index (χ2n) is 6.82. The highest BCUT2D eigenvalue weighted by atomic mass is 16.3. The minimum absolute atomic E-state index is 0.00162. The van der Waals surface area contributed by atoms with Crippen LogP contribution in [0.25, 0.3) is 11.0 Å². The zero-order valence-electron chi connectivity index (χ0n) is 14.3. The zero-order chi connectivity index (χ0) is 16.6. The van der Waals surface area contributed by atoms with Crippen molar-refractivity contribution >= 4 is 16.9 Å². The first kappa shape index (κ1) is 16.0. The van der Waals surface area contributed by atoms with E-state index >= 15 is 0 Å². The molecule has 1 aliphatic heterocycles. The number of para-hydroxylation sites is 1. The third-order valence-electron chi connectivity index (χ3n) is 4.21. The van der Waals surface area contributed by atoms with Gasteiger partial charge in [0.1, 0.15) is 5.58 Å². The summed E-state index contributed by atoms with van der Waals surface area (Å²) in [5, 5.41) is 4.48. The molecular weight excluding hydrogens is 290 g/mol. The highest BCUT2D eigenvalue weighted by Gasteiger charge is 2.30. The molecule has 2 atom stereocenters. The predicted molar refractivity (Wildman–Crippen MR) is 91.6 cm³/mol. The fourth-order valence-electron chi connectivity index (χ4n) is 3.38. The Morgan fingerprint density at radius 3 is 2.57 bits per heavy atom. The molecule has 0 saturated carbocycles. The highest BCUT2D eigenvalue weighted by Crippen LogP contribution is 2.28. The van der Waals surface area contributed by atoms with Gasteiger partial charge in [-0.1, -0.05) is 18.2 Å². The number of carbonyl (C=O) groups is 1. The fourth-order valence-corrected chi connectivity index (χ4v) is 3.38. The number of furan rings is 1. The zero-order valence-corrected chi connectivity index (χ0v) is 14.3. The molecule has 23 heavy (non-hydrogen) atoms. The summed E-state index contributed by atoms with van der Waals surface area (Å²) < 4.78 is 5.95. The van der Waals surface area contributed by atoms with Crippen molar-refractivity contribution in [2.75, 3.05) is 27.2 Å². The molecule has 0 aliphatic carbocycles. The molecule has 1 fully saturated rings. The molecule has 1 aliphatic rings. The van der Waals surface area contributed by atoms with Gasteiger partial charge in [-0.2, -0.15) is 0 Å². The van der Waals surface area contributed by atoms with Crippen molar-refractivity contribution < 1.29 is 9.21 Å². The van der Waals surface area contributed by atoms with Crippen molar-refractivity contribution in [3.8, 4) is 0 Å². The molecule has 1 saturated heterocycles. The number of piperazine rings is 1. The largest absolute Gasteiger partial charge is 0.451 e. The maximum Gasteiger partial charge on any atom is 0.290 e. The molecule has 0 radical (unpaired) electrons. The van der Waals surface area contributed by atoms with Gasteiger partial charge >= 0.3 is 0 Å². The van der Waals surface area contributed by atoms with E-state index in [-0.39, 0.29) is 5.91 Å². The number of hydrogen-bond acceptors (Lipinski definition) is 4. The molecule has 0 bridgehead atoms. The molecule has 0 unspecified atom stereocenters. The van der Waals surface area contributed by atoms with Gasteiger partial charge in [0, 0.05) is 42.7 Å². The normalized spacial score (nSPS) is 22.0. The molecular formula is C18H25N3O2. The lowest BCUT2D eigenvalue weighted by Crippen LogP contribution is -2.55. The summed E-state index contributed by atoms with van der Waals surface area (Å²) in [5.74, 6) is 0.486. The molecule has 2 aromatic rings. The molecule has 0 spiro atoms. The molecule has 5 nitrogen and oxygen atoms in total. The minimum atomic E-state index is -0.00162. The van der Waals surface area contributed by atoms with E-state index in [9.17, 15) is 4.79 Å². The van der Waals surface area contributed by atoms with Gasteiger partial charge in [-0.15, -0.1) is 0 Å². The summed E-state index contributed by atoms with van der Waals surface area (Å²) in [6.07, 6.45) is 0. The van der Waals surface area contributed by atoms with E-state index in [0.717, 1.165) is 16.5 Å². The van der Waals surface area contributed by atoms with Crippen LogP contribution in [0.2, 0.25) is 0 Å². The number of benzene rings is 1. The first-order valence-electron chi connectivity index (χ1n) is 8.16. The van der Waals surface area contributed by atoms with E-state index in [2.05, 4.69) is 24.1 Å². The lowest BCUT2D eigenvalue weighted by atomic mass is 10.1. The average molecular weight is 315 g/mol. The summed E-state index contributed by atoms with van der Waals surface area (Å²) in [4.78, 5) is 17.0. The lowest BCUT2D eigenvalue weighted by Gasteiger charge is -2.35. The van der Waals surface area contributed by atoms with Crippen LogP contribution in [0.4, 0.5) is 0 Å². The number of nitrogens with zero attached hydrogens (tertiary/aromatic N) is 2. The van der Waals surface area contributed by atoms with Crippen molar-refractivity contribution in [3.63, 3.8) is 0 Å². The second-order valence-corrected chi connectivity index (χ2v) is 6.82. The van der Waals surface area contributed by atoms with E-state index in [0.29, 0.717) is 37.5 Å². The van der Waals surface area contributed by atoms with Crippen LogP contribution in [0, 0.1) is 0 Å². The monoisotopic (exact) mass is 315 g/mol. The molecule has 3 rings (SSSR count). The number of amides is 1. The van der Waals surface area contributed by atoms with E-state index in [1.54, 1.807) is 0 Å². The van der Waals surface area contributed by atoms with Gasteiger partial charge in [-0.25, -0.2) is 0 Å². The average Bonchev–Trinajstić information content (AvgIpc) is 2.84. The number of carbonyl (C=O) groups excluding carboxylic acids is 1. The molecule has 1 aromatic heterocycles. The first-order chi connectivity index (χ1) is 11.0. The van der Waals surface area contributed by atoms with E-state index < -0.39 is 0 Å². The maximum atomic E-state index is 13.0. The molecule has 5 heteroatoms. The predicted octanol–water partition coefficient (Wildman–Crippen LogP) is 2.32. The van der Waals surface area contributed by atoms with Crippen LogP contribution < -0.4 is 5.32 Å². The second kappa shape index (κ2) is 6.34. The molecule has 2 heterocycles. The van der Waals surface area contributed by atoms with Gasteiger partial charge < -0.3 is 19.5 Å². The Hall–Kier alpha value is -1.85. The van der Waals surface area contributed by atoms with Crippen LogP contribution in [0.15, 0.2) is 28.7 Å². The molecule has 1 amide bonds. The Kier molecular flexibility index (Phi) is 4.41. The number of hydrogen-bond donors (Lipinski definition) is 1. The quantitative estimate of drug-likeness (QED) is 0.944. The Morgan fingerprint density at radius 1 is 1.26 bits per heavy atom. The lowest BCUT2D eigenvalue weighted by molar-refractivity contribution is 0.0641. The van der Waals surface area contributed by atoms with Crippen molar-refractivity contribution in [3.05, 3.63) is 35.6 Å². The van der Waals surface area contributed by atoms with Gasteiger partial charge in [0.05, 0.1) is 0 Å². The number of rotatable bonds is 3. The molecule has 1 aromatic carbocycles. The topological polar surface area (TPSA) is 48.7 Å². The van der Waals surface area contributed by atoms with Crippen molar-refractivity contribution in [1.29, 1.82) is 0 Å². The van der Waals surface area contributed by atoms with E-state index in [1.807, 2.05) is 43.3 Å². The summed E-state index contributed by atoms with van der Waals surface area (Å²) in [6, 6.07) is 8.47. The summed E-state index contributed by atoms with van der Waals surface area (Å²) in [7, 11) is 4.01. The van der Waals surface area contributed by atoms with Gasteiger partial charge in [0.25, 0.3) is 5.91 Å². The van der Waals surface area contributed by atoms with Gasteiger partial charge in [-0.05, 0) is 34.0 Å². The number of fused-ring (bicyclic) bond motifs is 1. The highest BCUT2D eigenvalue weighted by molar-refractivity contribution is 5.99. The smallest absolute Gasteiger partial charge is 0.290 e. The standard InChI is InChI=1S/C18H25N3O2/c1-12-9-21(10-13(2)19-12)18(22)17-15(11-20(3)4)14-7-5-6-8-16(14)23-17/h5-8,12-13,19H,9-11H2,1-4H3/t12-,13-/m1/s1. The van der Waals surface area contributed by atoms with E-state index in [1.165, 1.54) is 0 Å². The Morgan fingerprint density at radius 2 is 1.91 bits per heavy atom. The minimum Gasteiger partial charge on any atom is -0.451 e. The van der Waals surface area contributed by atoms with Gasteiger partial charge in [0.15, 0.2) is 5.76 Å². The summed E-state index contributed by atoms with van der Waals surface area (Å²) >= 11 is 0. The Labute approximate surface area is 137 Å². The van der Waals surface area contributed by atoms with Crippen LogP contribution in [0.3, 0.4) is 0 Å². The van der Waals surface area contributed by atoms with Gasteiger partial charge in [-0.3, -0.25) is 4.79 Å². The number of nitrogens with one attached hydrogen (secondary N) is 1.